The summed E-state index contributed by atoms with van der Waals surface area (Å²) in [6.45, 7) is 5.34. The van der Waals surface area contributed by atoms with Gasteiger partial charge in [-0.3, -0.25) is 48.1 Å². The van der Waals surface area contributed by atoms with Crippen LogP contribution in [0.2, 0.25) is 0 Å². The fraction of sp³-hybridized carbons (Fsp3) is 0.622. The van der Waals surface area contributed by atoms with Crippen LogP contribution >= 0.6 is 11.8 Å². The minimum absolute atomic E-state index is 0.0979. The van der Waals surface area contributed by atoms with Crippen LogP contribution in [-0.4, -0.2) is 208 Å². The molecule has 2 aromatic rings. The molecule has 2 fully saturated rings. The molecule has 26 nitrogen and oxygen atoms in total. The van der Waals surface area contributed by atoms with Crippen molar-refractivity contribution in [3.63, 3.8) is 0 Å². The van der Waals surface area contributed by atoms with Crippen LogP contribution in [0.15, 0.2) is 17.2 Å². The number of rotatable bonds is 10. The van der Waals surface area contributed by atoms with Crippen molar-refractivity contribution in [3.8, 4) is 5.75 Å². The zero-order chi connectivity index (χ0) is 52.6. The van der Waals surface area contributed by atoms with Crippen LogP contribution in [-0.2, 0) is 49.6 Å². The molecule has 72 heavy (non-hydrogen) atoms. The third-order valence-corrected chi connectivity index (χ3v) is 14.8. The van der Waals surface area contributed by atoms with Gasteiger partial charge in [-0.15, -0.1) is 11.8 Å². The number of piperazine rings is 1. The maximum atomic E-state index is 14.7. The summed E-state index contributed by atoms with van der Waals surface area (Å²) in [6, 6.07) is -6.36. The van der Waals surface area contributed by atoms with Gasteiger partial charge < -0.3 is 83.9 Å². The lowest BCUT2D eigenvalue weighted by Gasteiger charge is -2.36. The SMILES string of the molecule is CC[C@H](C)[C@@H]1NC(=O)CNC(=O)[C@H]2Cc3c([nH]c4c(N5CCN(CCN)CC5)c(O)ccc34)SC[C@H](NC(=O)CNC1=O)C(=O)N[C@@H](CC(N)=O)C(=O)N1C[C@H](O)C[C@H]1C(=O)N[C@@H]([C@@H](C)[C@@H](O)CO)C(=O)N2. The van der Waals surface area contributed by atoms with E-state index in [2.05, 4.69) is 47.1 Å². The molecule has 27 heteroatoms. The maximum absolute atomic E-state index is 14.7. The first-order valence-corrected chi connectivity index (χ1v) is 25.0. The summed E-state index contributed by atoms with van der Waals surface area (Å²) in [6.07, 6.45) is -4.10. The Balaban J connectivity index is 1.55. The number of fused-ring (bicyclic) bond motifs is 5. The number of thioether (sulfide) groups is 1. The van der Waals surface area contributed by atoms with Crippen LogP contribution in [0.1, 0.15) is 45.6 Å². The Morgan fingerprint density at radius 2 is 1.53 bits per heavy atom. The van der Waals surface area contributed by atoms with Crippen LogP contribution in [0.3, 0.4) is 0 Å². The quantitative estimate of drug-likeness (QED) is 0.105. The number of anilines is 1. The number of phenols is 1. The molecule has 396 valence electrons. The van der Waals surface area contributed by atoms with Gasteiger partial charge in [0, 0.05) is 75.7 Å². The van der Waals surface area contributed by atoms with Crippen LogP contribution in [0, 0.1) is 11.8 Å². The van der Waals surface area contributed by atoms with Gasteiger partial charge in [0.25, 0.3) is 0 Å². The number of amides is 9. The van der Waals surface area contributed by atoms with Crippen molar-refractivity contribution in [2.24, 2.45) is 23.3 Å². The van der Waals surface area contributed by atoms with Crippen molar-refractivity contribution < 1.29 is 63.6 Å². The average Bonchev–Trinajstić information content (AvgIpc) is 3.92. The topological polar surface area (TPSA) is 396 Å². The first-order chi connectivity index (χ1) is 34.2. The Morgan fingerprint density at radius 3 is 2.18 bits per heavy atom. The van der Waals surface area contributed by atoms with E-state index in [0.717, 1.165) is 16.7 Å². The predicted octanol–water partition coefficient (Wildman–Crippen LogP) is -5.86. The Kier molecular flexibility index (Phi) is 18.7. The number of primary amides is 1. The molecule has 4 aliphatic heterocycles. The summed E-state index contributed by atoms with van der Waals surface area (Å²) in [5.41, 5.74) is 12.5. The van der Waals surface area contributed by atoms with Gasteiger partial charge >= 0.3 is 0 Å². The molecule has 2 bridgehead atoms. The van der Waals surface area contributed by atoms with Crippen molar-refractivity contribution in [1.82, 2.24) is 52.0 Å². The molecule has 2 saturated heterocycles. The Hall–Kier alpha value is -6.26. The Bertz CT molecular complexity index is 2380. The third kappa shape index (κ3) is 13.0. The number of aromatic hydroxyl groups is 1. The number of nitrogens with one attached hydrogen (secondary N) is 8. The number of carbonyl (C=O) groups excluding carboxylic acids is 9. The zero-order valence-corrected chi connectivity index (χ0v) is 41.2. The van der Waals surface area contributed by atoms with Gasteiger partial charge in [-0.25, -0.2) is 0 Å². The number of H-pyrrole nitrogens is 1. The number of nitrogens with zero attached hydrogens (tertiary/aromatic N) is 3. The monoisotopic (exact) mass is 1030 g/mol. The number of hydrogen-bond donors (Lipinski definition) is 14. The maximum Gasteiger partial charge on any atom is 0.246 e. The molecule has 9 amide bonds. The first-order valence-electron chi connectivity index (χ1n) is 24.0. The van der Waals surface area contributed by atoms with Crippen molar-refractivity contribution in [2.75, 3.05) is 76.2 Å². The highest BCUT2D eigenvalue weighted by Gasteiger charge is 2.45. The van der Waals surface area contributed by atoms with E-state index in [-0.39, 0.29) is 29.4 Å². The number of carbonyl (C=O) groups is 9. The normalized spacial score (nSPS) is 27.2. The molecule has 16 N–H and O–H groups in total. The number of aliphatic hydroxyl groups is 3. The lowest BCUT2D eigenvalue weighted by molar-refractivity contribution is -0.144. The van der Waals surface area contributed by atoms with Gasteiger partial charge in [0.1, 0.15) is 47.7 Å². The molecule has 10 atom stereocenters. The highest BCUT2D eigenvalue weighted by molar-refractivity contribution is 7.99. The highest BCUT2D eigenvalue weighted by atomic mass is 32.2. The molecule has 0 unspecified atom stereocenters. The molecular formula is C45H67N13O13S. The second-order valence-corrected chi connectivity index (χ2v) is 19.7. The molecule has 0 spiro atoms. The molecule has 0 saturated carbocycles. The smallest absolute Gasteiger partial charge is 0.246 e. The van der Waals surface area contributed by atoms with E-state index in [9.17, 15) is 63.6 Å². The second-order valence-electron chi connectivity index (χ2n) is 18.7. The molecule has 0 aliphatic carbocycles. The van der Waals surface area contributed by atoms with Crippen LogP contribution in [0.5, 0.6) is 5.75 Å². The number of aliphatic hydroxyl groups excluding tert-OH is 3. The minimum atomic E-state index is -1.77. The van der Waals surface area contributed by atoms with Crippen LogP contribution in [0.25, 0.3) is 10.9 Å². The van der Waals surface area contributed by atoms with E-state index in [1.54, 1.807) is 19.9 Å². The first kappa shape index (κ1) is 55.1. The number of nitrogens with two attached hydrogens (primary N) is 2. The van der Waals surface area contributed by atoms with Gasteiger partial charge in [0.15, 0.2) is 0 Å². The van der Waals surface area contributed by atoms with E-state index >= 15 is 0 Å². The Labute approximate surface area is 418 Å². The molecule has 1 aromatic carbocycles. The molecule has 0 radical (unpaired) electrons. The van der Waals surface area contributed by atoms with E-state index in [1.165, 1.54) is 13.0 Å². The molecule has 6 rings (SSSR count). The zero-order valence-electron chi connectivity index (χ0n) is 40.4. The molecule has 5 heterocycles. The van der Waals surface area contributed by atoms with Gasteiger partial charge in [0.2, 0.25) is 53.2 Å². The summed E-state index contributed by atoms with van der Waals surface area (Å²) < 4.78 is 0. The number of hydrogen-bond acceptors (Lipinski definition) is 17. The van der Waals surface area contributed by atoms with Crippen LogP contribution < -0.4 is 53.6 Å². The average molecular weight is 1030 g/mol. The molecule has 4 aliphatic rings. The lowest BCUT2D eigenvalue weighted by Crippen LogP contribution is -2.62. The van der Waals surface area contributed by atoms with Gasteiger partial charge in [-0.2, -0.15) is 0 Å². The van der Waals surface area contributed by atoms with Crippen LogP contribution in [0.4, 0.5) is 5.69 Å². The largest absolute Gasteiger partial charge is 0.506 e. The van der Waals surface area contributed by atoms with E-state index < -0.39 is 146 Å². The summed E-state index contributed by atoms with van der Waals surface area (Å²) in [5.74, 6) is -10.7. The third-order valence-electron chi connectivity index (χ3n) is 13.7. The summed E-state index contributed by atoms with van der Waals surface area (Å²) in [4.78, 5) is 134. The van der Waals surface area contributed by atoms with E-state index in [4.69, 9.17) is 11.5 Å². The van der Waals surface area contributed by atoms with Crippen molar-refractivity contribution in [3.05, 3.63) is 17.7 Å². The standard InChI is InChI=1S/C45H67N13O13S/c1-4-21(2)35-42(69)49-16-33(64)50-28-20-72-44-25(24-5-6-30(61)38(37(24)55-44)57-11-9-56(8-7-46)10-12-57)14-26(39(66)48-17-34(65)53-35)51-43(70)36(22(3)31(62)19-59)54-41(68)29-13-23(60)18-58(29)45(71)27(15-32(47)63)52-40(28)67/h5-6,21-23,26-29,31,35-36,55,59-62H,4,7-20,46H2,1-3H3,(H2,47,63)(H,48,66)(H,49,69)(H,50,64)(H,51,70)(H,52,67)(H,53,65)(H,54,68)/t21-,22-,23+,26+,27-,28-,29-,31-,35-,36-/m0/s1. The predicted molar refractivity (Wildman–Crippen MR) is 259 cm³/mol. The molecule has 1 aromatic heterocycles. The van der Waals surface area contributed by atoms with E-state index in [1.807, 2.05) is 4.90 Å². The fourth-order valence-corrected chi connectivity index (χ4v) is 10.4. The number of aromatic nitrogens is 1. The van der Waals surface area contributed by atoms with Gasteiger partial charge in [-0.1, -0.05) is 27.2 Å². The minimum Gasteiger partial charge on any atom is -0.506 e. The van der Waals surface area contributed by atoms with Crippen molar-refractivity contribution >= 4 is 81.5 Å². The van der Waals surface area contributed by atoms with Crippen molar-refractivity contribution in [1.29, 1.82) is 0 Å². The number of benzene rings is 1. The molecular weight excluding hydrogens is 963 g/mol. The van der Waals surface area contributed by atoms with E-state index in [0.29, 0.717) is 67.8 Å². The highest BCUT2D eigenvalue weighted by Crippen LogP contribution is 2.41. The fourth-order valence-electron chi connectivity index (χ4n) is 9.31. The number of phenolic OH excluding ortho intramolecular Hbond substituents is 1. The van der Waals surface area contributed by atoms with Crippen molar-refractivity contribution in [2.45, 2.75) is 99.9 Å². The summed E-state index contributed by atoms with van der Waals surface area (Å²) in [7, 11) is 0. The Morgan fingerprint density at radius 1 is 0.847 bits per heavy atom. The lowest BCUT2D eigenvalue weighted by atomic mass is 9.93. The number of aromatic amines is 1. The van der Waals surface area contributed by atoms with Gasteiger partial charge in [-0.05, 0) is 23.6 Å². The van der Waals surface area contributed by atoms with Gasteiger partial charge in [0.05, 0.1) is 48.9 Å². The summed E-state index contributed by atoms with van der Waals surface area (Å²) in [5, 5.41) is 61.8. The second kappa shape index (κ2) is 24.4. The summed E-state index contributed by atoms with van der Waals surface area (Å²) >= 11 is 0.971.